The minimum atomic E-state index is -0.249. The van der Waals surface area contributed by atoms with Gasteiger partial charge in [-0.1, -0.05) is 18.2 Å². The maximum absolute atomic E-state index is 11.1. The molecule has 0 fully saturated rings. The lowest BCUT2D eigenvalue weighted by Crippen LogP contribution is -2.04. The third kappa shape index (κ3) is 1.61. The van der Waals surface area contributed by atoms with E-state index in [1.165, 1.54) is 18.6 Å². The summed E-state index contributed by atoms with van der Waals surface area (Å²) >= 11 is 1.41. The molecular formula is C10H9NO2S. The molecule has 1 aromatic heterocycles. The van der Waals surface area contributed by atoms with E-state index in [0.717, 1.165) is 15.8 Å². The van der Waals surface area contributed by atoms with Crippen LogP contribution < -0.4 is 0 Å². The molecule has 0 radical (unpaired) electrons. The van der Waals surface area contributed by atoms with Gasteiger partial charge in [0.1, 0.15) is 0 Å². The standard InChI is InChI=1S/C10H9NO2S/c1-13-10(12)6-8-7-4-2-3-5-9(7)14-11-8/h2-5H,6H2,1H3. The zero-order chi connectivity index (χ0) is 9.97. The number of hydrogen-bond donors (Lipinski definition) is 0. The Hall–Kier alpha value is -1.42. The van der Waals surface area contributed by atoms with Gasteiger partial charge in [0.15, 0.2) is 0 Å². The third-order valence-electron chi connectivity index (χ3n) is 1.99. The van der Waals surface area contributed by atoms with E-state index in [9.17, 15) is 4.79 Å². The molecule has 1 heterocycles. The molecular weight excluding hydrogens is 198 g/mol. The van der Waals surface area contributed by atoms with E-state index in [1.807, 2.05) is 24.3 Å². The van der Waals surface area contributed by atoms with Gasteiger partial charge in [-0.3, -0.25) is 4.79 Å². The quantitative estimate of drug-likeness (QED) is 0.707. The first kappa shape index (κ1) is 9.15. The van der Waals surface area contributed by atoms with Crippen molar-refractivity contribution in [2.75, 3.05) is 7.11 Å². The molecule has 0 unspecified atom stereocenters. The molecule has 2 aromatic rings. The van der Waals surface area contributed by atoms with Crippen molar-refractivity contribution in [3.63, 3.8) is 0 Å². The average Bonchev–Trinajstić information content (AvgIpc) is 2.62. The molecule has 0 bridgehead atoms. The van der Waals surface area contributed by atoms with Gasteiger partial charge in [-0.2, -0.15) is 4.37 Å². The van der Waals surface area contributed by atoms with Crippen LogP contribution in [0.1, 0.15) is 5.69 Å². The maximum atomic E-state index is 11.1. The Morgan fingerprint density at radius 3 is 3.07 bits per heavy atom. The summed E-state index contributed by atoms with van der Waals surface area (Å²) in [6.07, 6.45) is 0.251. The number of fused-ring (bicyclic) bond motifs is 1. The van der Waals surface area contributed by atoms with Crippen LogP contribution in [0.2, 0.25) is 0 Å². The average molecular weight is 207 g/mol. The highest BCUT2D eigenvalue weighted by molar-refractivity contribution is 7.13. The van der Waals surface area contributed by atoms with E-state index in [2.05, 4.69) is 9.11 Å². The second kappa shape index (κ2) is 3.75. The number of benzene rings is 1. The summed E-state index contributed by atoms with van der Waals surface area (Å²) in [7, 11) is 1.39. The number of rotatable bonds is 2. The molecule has 0 saturated heterocycles. The Balaban J connectivity index is 2.38. The van der Waals surface area contributed by atoms with Crippen LogP contribution in [0.15, 0.2) is 24.3 Å². The van der Waals surface area contributed by atoms with Crippen LogP contribution in [-0.4, -0.2) is 17.5 Å². The van der Waals surface area contributed by atoms with E-state index < -0.39 is 0 Å². The highest BCUT2D eigenvalue weighted by atomic mass is 32.1. The summed E-state index contributed by atoms with van der Waals surface area (Å²) < 4.78 is 9.93. The molecule has 0 spiro atoms. The molecule has 0 amide bonds. The first-order chi connectivity index (χ1) is 6.81. The molecule has 1 aromatic carbocycles. The van der Waals surface area contributed by atoms with Crippen molar-refractivity contribution in [3.8, 4) is 0 Å². The largest absolute Gasteiger partial charge is 0.469 e. The fraction of sp³-hybridized carbons (Fsp3) is 0.200. The highest BCUT2D eigenvalue weighted by Crippen LogP contribution is 2.22. The van der Waals surface area contributed by atoms with Crippen LogP contribution in [0, 0.1) is 0 Å². The molecule has 0 saturated carbocycles. The summed E-state index contributed by atoms with van der Waals surface area (Å²) in [5.74, 6) is -0.249. The Kier molecular flexibility index (Phi) is 2.45. The second-order valence-corrected chi connectivity index (χ2v) is 3.68. The smallest absolute Gasteiger partial charge is 0.311 e. The molecule has 4 heteroatoms. The van der Waals surface area contributed by atoms with Crippen molar-refractivity contribution < 1.29 is 9.53 Å². The van der Waals surface area contributed by atoms with Gasteiger partial charge in [0.2, 0.25) is 0 Å². The van der Waals surface area contributed by atoms with Crippen molar-refractivity contribution in [2.45, 2.75) is 6.42 Å². The summed E-state index contributed by atoms with van der Waals surface area (Å²) in [4.78, 5) is 11.1. The topological polar surface area (TPSA) is 39.2 Å². The number of esters is 1. The molecule has 0 atom stereocenters. The van der Waals surface area contributed by atoms with Crippen LogP contribution in [-0.2, 0) is 16.0 Å². The van der Waals surface area contributed by atoms with E-state index in [0.29, 0.717) is 0 Å². The molecule has 2 rings (SSSR count). The SMILES string of the molecule is COC(=O)Cc1nsc2ccccc12. The lowest BCUT2D eigenvalue weighted by molar-refractivity contribution is -0.139. The summed E-state index contributed by atoms with van der Waals surface area (Å²) in [5.41, 5.74) is 0.803. The van der Waals surface area contributed by atoms with E-state index in [4.69, 9.17) is 0 Å². The lowest BCUT2D eigenvalue weighted by Gasteiger charge is -1.95. The van der Waals surface area contributed by atoms with E-state index >= 15 is 0 Å². The van der Waals surface area contributed by atoms with Crippen molar-refractivity contribution >= 4 is 27.6 Å². The second-order valence-electron chi connectivity index (χ2n) is 2.88. The van der Waals surface area contributed by atoms with E-state index in [-0.39, 0.29) is 12.4 Å². The number of carbonyl (C=O) groups is 1. The van der Waals surface area contributed by atoms with Crippen LogP contribution >= 0.6 is 11.5 Å². The van der Waals surface area contributed by atoms with Gasteiger partial charge in [0.05, 0.1) is 23.9 Å². The number of ether oxygens (including phenoxy) is 1. The number of hydrogen-bond acceptors (Lipinski definition) is 4. The lowest BCUT2D eigenvalue weighted by atomic mass is 10.2. The zero-order valence-corrected chi connectivity index (χ0v) is 8.50. The van der Waals surface area contributed by atoms with Crippen molar-refractivity contribution in [1.29, 1.82) is 0 Å². The van der Waals surface area contributed by atoms with Crippen LogP contribution in [0.4, 0.5) is 0 Å². The minimum absolute atomic E-state index is 0.249. The molecule has 0 aliphatic rings. The van der Waals surface area contributed by atoms with Gasteiger partial charge in [0.25, 0.3) is 0 Å². The molecule has 0 N–H and O–H groups in total. The predicted molar refractivity (Wildman–Crippen MR) is 55.3 cm³/mol. The fourth-order valence-corrected chi connectivity index (χ4v) is 2.07. The Morgan fingerprint density at radius 2 is 2.29 bits per heavy atom. The monoisotopic (exact) mass is 207 g/mol. The Bertz CT molecular complexity index is 464. The molecule has 0 aliphatic carbocycles. The van der Waals surface area contributed by atoms with Crippen molar-refractivity contribution in [1.82, 2.24) is 4.37 Å². The normalized spacial score (nSPS) is 10.4. The van der Waals surface area contributed by atoms with Gasteiger partial charge in [-0.05, 0) is 17.6 Å². The minimum Gasteiger partial charge on any atom is -0.469 e. The Labute approximate surface area is 85.5 Å². The Morgan fingerprint density at radius 1 is 1.50 bits per heavy atom. The summed E-state index contributed by atoms with van der Waals surface area (Å²) in [5, 5.41) is 1.04. The number of methoxy groups -OCH3 is 1. The first-order valence-electron chi connectivity index (χ1n) is 4.21. The maximum Gasteiger partial charge on any atom is 0.311 e. The van der Waals surface area contributed by atoms with Gasteiger partial charge in [0, 0.05) is 5.39 Å². The van der Waals surface area contributed by atoms with Gasteiger partial charge >= 0.3 is 5.97 Å². The highest BCUT2D eigenvalue weighted by Gasteiger charge is 2.09. The van der Waals surface area contributed by atoms with Crippen LogP contribution in [0.5, 0.6) is 0 Å². The molecule has 0 aliphatic heterocycles. The van der Waals surface area contributed by atoms with Gasteiger partial charge in [-0.25, -0.2) is 0 Å². The third-order valence-corrected chi connectivity index (χ3v) is 2.86. The van der Waals surface area contributed by atoms with Gasteiger partial charge in [-0.15, -0.1) is 0 Å². The number of aromatic nitrogens is 1. The molecule has 3 nitrogen and oxygen atoms in total. The van der Waals surface area contributed by atoms with E-state index in [1.54, 1.807) is 0 Å². The number of carbonyl (C=O) groups excluding carboxylic acids is 1. The first-order valence-corrected chi connectivity index (χ1v) is 4.98. The van der Waals surface area contributed by atoms with Crippen LogP contribution in [0.3, 0.4) is 0 Å². The zero-order valence-electron chi connectivity index (χ0n) is 7.69. The van der Waals surface area contributed by atoms with Crippen LogP contribution in [0.25, 0.3) is 10.1 Å². The predicted octanol–water partition coefficient (Wildman–Crippen LogP) is 2.01. The summed E-state index contributed by atoms with van der Waals surface area (Å²) in [6.45, 7) is 0. The molecule has 14 heavy (non-hydrogen) atoms. The number of nitrogens with zero attached hydrogens (tertiary/aromatic N) is 1. The summed E-state index contributed by atoms with van der Waals surface area (Å²) in [6, 6.07) is 7.87. The van der Waals surface area contributed by atoms with Crippen molar-refractivity contribution in [3.05, 3.63) is 30.0 Å². The fourth-order valence-electron chi connectivity index (χ4n) is 1.27. The van der Waals surface area contributed by atoms with Crippen molar-refractivity contribution in [2.24, 2.45) is 0 Å². The van der Waals surface area contributed by atoms with Gasteiger partial charge < -0.3 is 4.74 Å². The molecule has 72 valence electrons.